The second-order valence-corrected chi connectivity index (χ2v) is 6.54. The van der Waals surface area contributed by atoms with Gasteiger partial charge in [-0.05, 0) is 38.0 Å². The Morgan fingerprint density at radius 1 is 1.27 bits per heavy atom. The molecule has 1 saturated carbocycles. The summed E-state index contributed by atoms with van der Waals surface area (Å²) in [5.41, 5.74) is 0.393. The van der Waals surface area contributed by atoms with Crippen LogP contribution in [0.2, 0.25) is 0 Å². The number of hydrogen-bond donors (Lipinski definition) is 1. The van der Waals surface area contributed by atoms with E-state index in [2.05, 4.69) is 10.3 Å². The summed E-state index contributed by atoms with van der Waals surface area (Å²) < 4.78 is 55.4. The third kappa shape index (κ3) is 3.73. The van der Waals surface area contributed by atoms with Gasteiger partial charge >= 0.3 is 6.18 Å². The Hall–Kier alpha value is -2.38. The molecule has 0 unspecified atom stereocenters. The average Bonchev–Trinajstić information content (AvgIpc) is 3.00. The van der Waals surface area contributed by atoms with Crippen molar-refractivity contribution in [1.82, 2.24) is 9.55 Å². The van der Waals surface area contributed by atoms with Crippen molar-refractivity contribution in [3.8, 4) is 5.69 Å². The van der Waals surface area contributed by atoms with Crippen molar-refractivity contribution >= 4 is 11.6 Å². The third-order valence-electron chi connectivity index (χ3n) is 4.82. The normalized spacial score (nSPS) is 20.8. The Morgan fingerprint density at radius 2 is 2.00 bits per heavy atom. The van der Waals surface area contributed by atoms with Crippen LogP contribution in [0.15, 0.2) is 30.6 Å². The maximum absolute atomic E-state index is 14.4. The molecule has 1 heterocycles. The topological polar surface area (TPSA) is 46.9 Å². The first-order chi connectivity index (χ1) is 12.3. The van der Waals surface area contributed by atoms with Gasteiger partial charge in [0.25, 0.3) is 0 Å². The highest BCUT2D eigenvalue weighted by molar-refractivity contribution is 5.93. The Kier molecular flexibility index (Phi) is 5.02. The Balaban J connectivity index is 1.77. The van der Waals surface area contributed by atoms with Gasteiger partial charge in [0.15, 0.2) is 0 Å². The van der Waals surface area contributed by atoms with Crippen LogP contribution in [0.1, 0.15) is 31.5 Å². The quantitative estimate of drug-likeness (QED) is 0.802. The molecule has 4 nitrogen and oxygen atoms in total. The maximum Gasteiger partial charge on any atom is 0.392 e. The second-order valence-electron chi connectivity index (χ2n) is 6.54. The Bertz CT molecular complexity index is 800. The van der Waals surface area contributed by atoms with Crippen LogP contribution in [0, 0.1) is 24.6 Å². The van der Waals surface area contributed by atoms with Crippen molar-refractivity contribution in [2.45, 2.75) is 38.8 Å². The molecule has 3 rings (SSSR count). The minimum absolute atomic E-state index is 0.0468. The molecule has 1 aliphatic rings. The van der Waals surface area contributed by atoms with Crippen LogP contribution < -0.4 is 5.32 Å². The first-order valence-corrected chi connectivity index (χ1v) is 8.45. The number of anilines is 1. The smallest absolute Gasteiger partial charge is 0.326 e. The molecule has 1 amide bonds. The molecule has 8 heteroatoms. The fourth-order valence-electron chi connectivity index (χ4n) is 3.48. The molecule has 0 radical (unpaired) electrons. The summed E-state index contributed by atoms with van der Waals surface area (Å²) in [6, 6.07) is 4.04. The summed E-state index contributed by atoms with van der Waals surface area (Å²) in [6.45, 7) is 1.72. The summed E-state index contributed by atoms with van der Waals surface area (Å²) in [7, 11) is 0. The molecule has 0 aliphatic heterocycles. The number of halogens is 4. The molecular formula is C18H19F4N3O. The van der Waals surface area contributed by atoms with Gasteiger partial charge in [0.1, 0.15) is 11.6 Å². The van der Waals surface area contributed by atoms with E-state index in [1.807, 2.05) is 0 Å². The number of aryl methyl sites for hydroxylation is 1. The summed E-state index contributed by atoms with van der Waals surface area (Å²) in [4.78, 5) is 16.4. The Morgan fingerprint density at radius 3 is 2.62 bits per heavy atom. The average molecular weight is 369 g/mol. The number of nitrogens with one attached hydrogen (secondary N) is 1. The highest BCUT2D eigenvalue weighted by Crippen LogP contribution is 2.41. The lowest BCUT2D eigenvalue weighted by Gasteiger charge is -2.32. The lowest BCUT2D eigenvalue weighted by molar-refractivity contribution is -0.197. The zero-order valence-corrected chi connectivity index (χ0v) is 14.2. The monoisotopic (exact) mass is 369 g/mol. The van der Waals surface area contributed by atoms with Crippen LogP contribution in [0.25, 0.3) is 5.69 Å². The summed E-state index contributed by atoms with van der Waals surface area (Å²) in [6.07, 6.45) is -0.0950. The SMILES string of the molecule is Cc1nccn1-c1ccc(NC(=O)[C@H]2CCCC[C@H]2C(F)(F)F)cc1F. The van der Waals surface area contributed by atoms with Gasteiger partial charge in [0.2, 0.25) is 5.91 Å². The number of rotatable bonds is 3. The molecule has 1 fully saturated rings. The van der Waals surface area contributed by atoms with E-state index in [4.69, 9.17) is 0 Å². The molecule has 0 saturated heterocycles. The number of hydrogen-bond acceptors (Lipinski definition) is 2. The van der Waals surface area contributed by atoms with E-state index in [0.29, 0.717) is 18.7 Å². The largest absolute Gasteiger partial charge is 0.392 e. The molecule has 2 aromatic rings. The van der Waals surface area contributed by atoms with Crippen LogP contribution >= 0.6 is 0 Å². The minimum Gasteiger partial charge on any atom is -0.326 e. The molecule has 1 aromatic carbocycles. The summed E-state index contributed by atoms with van der Waals surface area (Å²) in [5.74, 6) is -3.50. The van der Waals surface area contributed by atoms with Crippen molar-refractivity contribution < 1.29 is 22.4 Å². The molecular weight excluding hydrogens is 350 g/mol. The molecule has 2 atom stereocenters. The number of amides is 1. The van der Waals surface area contributed by atoms with E-state index < -0.39 is 29.7 Å². The van der Waals surface area contributed by atoms with Crippen LogP contribution in [0.5, 0.6) is 0 Å². The minimum atomic E-state index is -4.41. The second kappa shape index (κ2) is 7.09. The molecule has 0 spiro atoms. The molecule has 140 valence electrons. The lowest BCUT2D eigenvalue weighted by Crippen LogP contribution is -2.39. The third-order valence-corrected chi connectivity index (χ3v) is 4.82. The molecule has 26 heavy (non-hydrogen) atoms. The standard InChI is InChI=1S/C18H19F4N3O/c1-11-23-8-9-25(11)16-7-6-12(10-15(16)19)24-17(26)13-4-2-3-5-14(13)18(20,21)22/h6-10,13-14H,2-5H2,1H3,(H,24,26)/t13-,14+/m0/s1. The number of benzene rings is 1. The zero-order chi connectivity index (χ0) is 18.9. The number of imidazole rings is 1. The number of aromatic nitrogens is 2. The van der Waals surface area contributed by atoms with Gasteiger partial charge in [-0.2, -0.15) is 13.2 Å². The predicted octanol–water partition coefficient (Wildman–Crippen LogP) is 4.63. The molecule has 1 N–H and O–H groups in total. The first kappa shape index (κ1) is 18.4. The molecule has 0 bridgehead atoms. The van der Waals surface area contributed by atoms with E-state index in [-0.39, 0.29) is 24.2 Å². The fourth-order valence-corrected chi connectivity index (χ4v) is 3.48. The van der Waals surface area contributed by atoms with Gasteiger partial charge in [-0.25, -0.2) is 9.37 Å². The van der Waals surface area contributed by atoms with Gasteiger partial charge in [0.05, 0.1) is 11.6 Å². The molecule has 1 aromatic heterocycles. The van der Waals surface area contributed by atoms with Crippen LogP contribution in [0.4, 0.5) is 23.2 Å². The van der Waals surface area contributed by atoms with Gasteiger partial charge < -0.3 is 9.88 Å². The van der Waals surface area contributed by atoms with Gasteiger partial charge in [-0.1, -0.05) is 12.8 Å². The number of carbonyl (C=O) groups is 1. The van der Waals surface area contributed by atoms with Crippen molar-refractivity contribution in [2.75, 3.05) is 5.32 Å². The highest BCUT2D eigenvalue weighted by Gasteiger charge is 2.48. The summed E-state index contributed by atoms with van der Waals surface area (Å²) >= 11 is 0. The fraction of sp³-hybridized carbons (Fsp3) is 0.444. The summed E-state index contributed by atoms with van der Waals surface area (Å²) in [5, 5.41) is 2.44. The lowest BCUT2D eigenvalue weighted by atomic mass is 9.78. The number of alkyl halides is 3. The van der Waals surface area contributed by atoms with E-state index >= 15 is 0 Å². The van der Waals surface area contributed by atoms with Gasteiger partial charge in [-0.15, -0.1) is 0 Å². The zero-order valence-electron chi connectivity index (χ0n) is 14.2. The highest BCUT2D eigenvalue weighted by atomic mass is 19.4. The Labute approximate surface area is 148 Å². The van der Waals surface area contributed by atoms with E-state index in [9.17, 15) is 22.4 Å². The van der Waals surface area contributed by atoms with Crippen LogP contribution in [0.3, 0.4) is 0 Å². The number of nitrogens with zero attached hydrogens (tertiary/aromatic N) is 2. The van der Waals surface area contributed by atoms with Gasteiger partial charge in [-0.3, -0.25) is 4.79 Å². The van der Waals surface area contributed by atoms with E-state index in [1.54, 1.807) is 17.7 Å². The van der Waals surface area contributed by atoms with E-state index in [0.717, 1.165) is 6.07 Å². The van der Waals surface area contributed by atoms with Crippen LogP contribution in [-0.2, 0) is 4.79 Å². The number of carbonyl (C=O) groups excluding carboxylic acids is 1. The molecule has 1 aliphatic carbocycles. The van der Waals surface area contributed by atoms with Crippen molar-refractivity contribution in [3.05, 3.63) is 42.2 Å². The maximum atomic E-state index is 14.4. The van der Waals surface area contributed by atoms with Crippen molar-refractivity contribution in [3.63, 3.8) is 0 Å². The van der Waals surface area contributed by atoms with Crippen LogP contribution in [-0.4, -0.2) is 21.6 Å². The predicted molar refractivity (Wildman–Crippen MR) is 88.4 cm³/mol. The van der Waals surface area contributed by atoms with E-state index in [1.165, 1.54) is 18.3 Å². The van der Waals surface area contributed by atoms with Gasteiger partial charge in [0, 0.05) is 24.0 Å². The first-order valence-electron chi connectivity index (χ1n) is 8.45. The van der Waals surface area contributed by atoms with Crippen molar-refractivity contribution in [1.29, 1.82) is 0 Å². The van der Waals surface area contributed by atoms with Crippen molar-refractivity contribution in [2.24, 2.45) is 11.8 Å².